The van der Waals surface area contributed by atoms with E-state index in [1.54, 1.807) is 29.7 Å². The molecule has 2 fully saturated rings. The van der Waals surface area contributed by atoms with Gasteiger partial charge in [0.05, 0.1) is 13.1 Å². The fraction of sp³-hybridized carbons (Fsp3) is 0.581. The standard InChI is InChI=1S/C31H45N7O/c1-2-20-38(27-6-4-3-5-7-27)28-14-12-26(13-15-28)36-21-24-8-10-25(11-9-24)31(39)37(22-29-32-16-17-33-29)23-30-34-18-19-35-30/h8-11,16-19,26-28,36H,2-7,12-15,20-23H2,1H3,(H,32,33)(H,34,35)/t26-,28-. The van der Waals surface area contributed by atoms with Crippen molar-refractivity contribution in [3.63, 3.8) is 0 Å². The molecule has 3 aromatic rings. The molecular weight excluding hydrogens is 486 g/mol. The summed E-state index contributed by atoms with van der Waals surface area (Å²) in [5.74, 6) is 1.47. The van der Waals surface area contributed by atoms with Crippen molar-refractivity contribution in [1.29, 1.82) is 0 Å². The third-order valence-corrected chi connectivity index (χ3v) is 8.57. The maximum Gasteiger partial charge on any atom is 0.254 e. The summed E-state index contributed by atoms with van der Waals surface area (Å²) >= 11 is 0. The number of hydrogen-bond donors (Lipinski definition) is 3. The molecule has 1 aromatic carbocycles. The van der Waals surface area contributed by atoms with Crippen LogP contribution in [0.2, 0.25) is 0 Å². The molecule has 5 rings (SSSR count). The Morgan fingerprint density at radius 2 is 1.49 bits per heavy atom. The number of imidazole rings is 2. The van der Waals surface area contributed by atoms with Crippen LogP contribution in [0.25, 0.3) is 0 Å². The highest BCUT2D eigenvalue weighted by Crippen LogP contribution is 2.30. The van der Waals surface area contributed by atoms with E-state index in [2.05, 4.69) is 49.2 Å². The number of H-pyrrole nitrogens is 2. The van der Waals surface area contributed by atoms with E-state index in [4.69, 9.17) is 0 Å². The van der Waals surface area contributed by atoms with Crippen molar-refractivity contribution in [2.24, 2.45) is 0 Å². The van der Waals surface area contributed by atoms with Crippen LogP contribution in [0.5, 0.6) is 0 Å². The third kappa shape index (κ3) is 7.57. The number of hydrogen-bond acceptors (Lipinski definition) is 5. The van der Waals surface area contributed by atoms with Crippen LogP contribution in [0.15, 0.2) is 49.1 Å². The Hall–Kier alpha value is -2.97. The van der Waals surface area contributed by atoms with Gasteiger partial charge in [0.2, 0.25) is 0 Å². The van der Waals surface area contributed by atoms with Crippen LogP contribution in [0.4, 0.5) is 0 Å². The second-order valence-electron chi connectivity index (χ2n) is 11.3. The van der Waals surface area contributed by atoms with Crippen LogP contribution in [0.3, 0.4) is 0 Å². The van der Waals surface area contributed by atoms with Crippen molar-refractivity contribution in [2.75, 3.05) is 6.54 Å². The lowest BCUT2D eigenvalue weighted by atomic mass is 9.86. The summed E-state index contributed by atoms with van der Waals surface area (Å²) in [5, 5.41) is 3.80. The molecule has 2 saturated carbocycles. The molecule has 8 heteroatoms. The Morgan fingerprint density at radius 3 is 2.05 bits per heavy atom. The highest BCUT2D eigenvalue weighted by molar-refractivity contribution is 5.94. The van der Waals surface area contributed by atoms with Crippen LogP contribution in [-0.2, 0) is 19.6 Å². The lowest BCUT2D eigenvalue weighted by Crippen LogP contribution is -2.48. The lowest BCUT2D eigenvalue weighted by molar-refractivity contribution is 0.0721. The minimum Gasteiger partial charge on any atom is -0.347 e. The summed E-state index contributed by atoms with van der Waals surface area (Å²) in [6.45, 7) is 5.23. The topological polar surface area (TPSA) is 92.9 Å². The number of aromatic nitrogens is 4. The Bertz CT molecular complexity index is 1060. The summed E-state index contributed by atoms with van der Waals surface area (Å²) in [6, 6.07) is 10.2. The lowest BCUT2D eigenvalue weighted by Gasteiger charge is -2.43. The van der Waals surface area contributed by atoms with Crippen LogP contribution >= 0.6 is 0 Å². The van der Waals surface area contributed by atoms with Gasteiger partial charge in [-0.3, -0.25) is 9.69 Å². The molecule has 0 saturated heterocycles. The first kappa shape index (κ1) is 27.6. The van der Waals surface area contributed by atoms with Gasteiger partial charge in [-0.15, -0.1) is 0 Å². The van der Waals surface area contributed by atoms with Gasteiger partial charge in [0, 0.05) is 55.0 Å². The molecule has 0 radical (unpaired) electrons. The highest BCUT2D eigenvalue weighted by atomic mass is 16.2. The Balaban J connectivity index is 1.12. The first-order valence-corrected chi connectivity index (χ1v) is 15.0. The zero-order valence-corrected chi connectivity index (χ0v) is 23.4. The monoisotopic (exact) mass is 531 g/mol. The molecule has 2 aliphatic rings. The first-order valence-electron chi connectivity index (χ1n) is 15.0. The smallest absolute Gasteiger partial charge is 0.254 e. The first-order chi connectivity index (χ1) is 19.2. The molecule has 0 spiro atoms. The normalized spacial score (nSPS) is 20.4. The molecule has 210 valence electrons. The Labute approximate surface area is 233 Å². The molecule has 2 aromatic heterocycles. The highest BCUT2D eigenvalue weighted by Gasteiger charge is 2.30. The van der Waals surface area contributed by atoms with Crippen LogP contribution in [0.1, 0.15) is 98.7 Å². The van der Waals surface area contributed by atoms with Gasteiger partial charge in [0.15, 0.2) is 0 Å². The average molecular weight is 532 g/mol. The van der Waals surface area contributed by atoms with E-state index >= 15 is 0 Å². The quantitative estimate of drug-likeness (QED) is 0.290. The minimum absolute atomic E-state index is 0.0322. The van der Waals surface area contributed by atoms with Crippen molar-refractivity contribution in [3.8, 4) is 0 Å². The van der Waals surface area contributed by atoms with Crippen molar-refractivity contribution >= 4 is 5.91 Å². The zero-order chi connectivity index (χ0) is 26.9. The van der Waals surface area contributed by atoms with E-state index in [-0.39, 0.29) is 5.91 Å². The summed E-state index contributed by atoms with van der Waals surface area (Å²) < 4.78 is 0. The maximum atomic E-state index is 13.4. The molecule has 39 heavy (non-hydrogen) atoms. The second-order valence-corrected chi connectivity index (χ2v) is 11.3. The van der Waals surface area contributed by atoms with Gasteiger partial charge < -0.3 is 20.2 Å². The summed E-state index contributed by atoms with van der Waals surface area (Å²) in [4.78, 5) is 32.8. The van der Waals surface area contributed by atoms with Gasteiger partial charge >= 0.3 is 0 Å². The number of nitrogens with zero attached hydrogens (tertiary/aromatic N) is 4. The predicted molar refractivity (Wildman–Crippen MR) is 154 cm³/mol. The van der Waals surface area contributed by atoms with Gasteiger partial charge in [-0.25, -0.2) is 9.97 Å². The SMILES string of the molecule is CCCN(C1CCCCC1)[C@H]1CC[C@H](NCc2ccc(C(=O)N(Cc3ncc[nH]3)Cc3ncc[nH]3)cc2)CC1. The van der Waals surface area contributed by atoms with Gasteiger partial charge in [-0.05, 0) is 69.2 Å². The van der Waals surface area contributed by atoms with Crippen molar-refractivity contribution in [1.82, 2.24) is 35.1 Å². The molecule has 0 bridgehead atoms. The maximum absolute atomic E-state index is 13.4. The van der Waals surface area contributed by atoms with E-state index in [1.165, 1.54) is 76.3 Å². The van der Waals surface area contributed by atoms with E-state index in [9.17, 15) is 4.79 Å². The molecular formula is C31H45N7O. The largest absolute Gasteiger partial charge is 0.347 e. The van der Waals surface area contributed by atoms with Gasteiger partial charge in [0.1, 0.15) is 11.6 Å². The van der Waals surface area contributed by atoms with Gasteiger partial charge in [-0.1, -0.05) is 38.3 Å². The fourth-order valence-electron chi connectivity index (χ4n) is 6.49. The molecule has 0 atom stereocenters. The summed E-state index contributed by atoms with van der Waals surface area (Å²) in [5.41, 5.74) is 1.89. The number of benzene rings is 1. The molecule has 3 N–H and O–H groups in total. The number of carbonyl (C=O) groups is 1. The third-order valence-electron chi connectivity index (χ3n) is 8.57. The Kier molecular flexibility index (Phi) is 9.83. The van der Waals surface area contributed by atoms with Gasteiger partial charge in [0.25, 0.3) is 5.91 Å². The van der Waals surface area contributed by atoms with Crippen LogP contribution in [0, 0.1) is 0 Å². The van der Waals surface area contributed by atoms with Crippen LogP contribution in [-0.4, -0.2) is 60.3 Å². The van der Waals surface area contributed by atoms with E-state index in [1.807, 2.05) is 12.1 Å². The minimum atomic E-state index is -0.0322. The summed E-state index contributed by atoms with van der Waals surface area (Å²) in [7, 11) is 0. The molecule has 2 aliphatic carbocycles. The fourth-order valence-corrected chi connectivity index (χ4v) is 6.49. The van der Waals surface area contributed by atoms with Crippen LogP contribution < -0.4 is 5.32 Å². The number of rotatable bonds is 12. The van der Waals surface area contributed by atoms with Crippen molar-refractivity contribution in [2.45, 2.75) is 109 Å². The Morgan fingerprint density at radius 1 is 0.872 bits per heavy atom. The average Bonchev–Trinajstić information content (AvgIpc) is 3.70. The van der Waals surface area contributed by atoms with E-state index in [0.717, 1.165) is 30.3 Å². The molecule has 2 heterocycles. The number of nitrogens with one attached hydrogen (secondary N) is 3. The number of amides is 1. The van der Waals surface area contributed by atoms with Crippen molar-refractivity contribution < 1.29 is 4.79 Å². The molecule has 8 nitrogen and oxygen atoms in total. The van der Waals surface area contributed by atoms with Gasteiger partial charge in [-0.2, -0.15) is 0 Å². The van der Waals surface area contributed by atoms with E-state index < -0.39 is 0 Å². The van der Waals surface area contributed by atoms with E-state index in [0.29, 0.717) is 24.7 Å². The molecule has 1 amide bonds. The zero-order valence-electron chi connectivity index (χ0n) is 23.4. The molecule has 0 unspecified atom stereocenters. The number of carbonyl (C=O) groups excluding carboxylic acids is 1. The summed E-state index contributed by atoms with van der Waals surface area (Å²) in [6.07, 6.45) is 20.4. The number of aromatic amines is 2. The molecule has 0 aliphatic heterocycles. The second kappa shape index (κ2) is 13.9. The predicted octanol–water partition coefficient (Wildman–Crippen LogP) is 5.42. The van der Waals surface area contributed by atoms with Crippen molar-refractivity contribution in [3.05, 3.63) is 71.8 Å².